The lowest BCUT2D eigenvalue weighted by Crippen LogP contribution is -2.48. The predicted molar refractivity (Wildman–Crippen MR) is 112 cm³/mol. The number of amides is 2. The molecule has 28 heavy (non-hydrogen) atoms. The van der Waals surface area contributed by atoms with Gasteiger partial charge in [-0.2, -0.15) is 0 Å². The molecule has 6 nitrogen and oxygen atoms in total. The number of hydrogen-bond acceptors (Lipinski definition) is 4. The lowest BCUT2D eigenvalue weighted by Gasteiger charge is -2.34. The first-order valence-electron chi connectivity index (χ1n) is 9.00. The largest absolute Gasteiger partial charge is 0.366 e. The number of para-hydroxylation sites is 1. The van der Waals surface area contributed by atoms with Crippen LogP contribution in [0.5, 0.6) is 0 Å². The predicted octanol–water partition coefficient (Wildman–Crippen LogP) is 2.85. The molecular weight excluding hydrogens is 399 g/mol. The van der Waals surface area contributed by atoms with Crippen molar-refractivity contribution in [3.8, 4) is 0 Å². The number of nitrogens with two attached hydrogens (primary N) is 1. The molecule has 0 aromatic heterocycles. The van der Waals surface area contributed by atoms with Gasteiger partial charge in [0.2, 0.25) is 5.91 Å². The number of rotatable bonds is 6. The first-order valence-corrected chi connectivity index (χ1v) is 9.76. The van der Waals surface area contributed by atoms with Gasteiger partial charge in [-0.25, -0.2) is 0 Å². The number of anilines is 1. The zero-order valence-corrected chi connectivity index (χ0v) is 16.8. The van der Waals surface area contributed by atoms with E-state index in [-0.39, 0.29) is 12.5 Å². The molecule has 0 atom stereocenters. The van der Waals surface area contributed by atoms with E-state index in [1.54, 1.807) is 24.3 Å². The van der Waals surface area contributed by atoms with E-state index in [9.17, 15) is 9.59 Å². The molecule has 0 saturated carbocycles. The molecule has 1 fully saturated rings. The second kappa shape index (κ2) is 9.39. The van der Waals surface area contributed by atoms with E-state index in [0.29, 0.717) is 27.8 Å². The number of piperazine rings is 1. The van der Waals surface area contributed by atoms with Crippen molar-refractivity contribution in [2.45, 2.75) is 6.54 Å². The highest BCUT2D eigenvalue weighted by Crippen LogP contribution is 2.26. The van der Waals surface area contributed by atoms with Crippen molar-refractivity contribution in [1.29, 1.82) is 0 Å². The summed E-state index contributed by atoms with van der Waals surface area (Å²) in [6.45, 7) is 4.08. The highest BCUT2D eigenvalue weighted by molar-refractivity contribution is 6.35. The zero-order chi connectivity index (χ0) is 20.1. The standard InChI is InChI=1S/C20H22Cl2N4O2/c21-16-5-3-6-17(22)15(16)12-25-8-10-26(11-9-25)13-19(27)24-18-7-2-1-4-14(18)20(23)28/h1-7H,8-13H2,(H2,23,28)(H,24,27). The number of benzene rings is 2. The van der Waals surface area contributed by atoms with E-state index >= 15 is 0 Å². The van der Waals surface area contributed by atoms with Gasteiger partial charge in [0.05, 0.1) is 17.8 Å². The molecular formula is C20H22Cl2N4O2. The van der Waals surface area contributed by atoms with Crippen LogP contribution < -0.4 is 11.1 Å². The first kappa shape index (κ1) is 20.6. The molecule has 1 aliphatic rings. The van der Waals surface area contributed by atoms with Crippen molar-refractivity contribution in [2.24, 2.45) is 5.73 Å². The number of nitrogens with zero attached hydrogens (tertiary/aromatic N) is 2. The molecule has 0 unspecified atom stereocenters. The van der Waals surface area contributed by atoms with E-state index in [4.69, 9.17) is 28.9 Å². The normalized spacial score (nSPS) is 15.4. The fraction of sp³-hybridized carbons (Fsp3) is 0.300. The Morgan fingerprint density at radius 1 is 0.929 bits per heavy atom. The van der Waals surface area contributed by atoms with E-state index < -0.39 is 5.91 Å². The number of carbonyl (C=O) groups is 2. The fourth-order valence-electron chi connectivity index (χ4n) is 3.21. The summed E-state index contributed by atoms with van der Waals surface area (Å²) in [7, 11) is 0. The van der Waals surface area contributed by atoms with Gasteiger partial charge in [-0.15, -0.1) is 0 Å². The summed E-state index contributed by atoms with van der Waals surface area (Å²) < 4.78 is 0. The van der Waals surface area contributed by atoms with E-state index in [1.165, 1.54) is 0 Å². The topological polar surface area (TPSA) is 78.7 Å². The fourth-order valence-corrected chi connectivity index (χ4v) is 3.73. The number of primary amides is 1. The molecule has 0 spiro atoms. The van der Waals surface area contributed by atoms with Crippen LogP contribution in [0, 0.1) is 0 Å². The number of nitrogens with one attached hydrogen (secondary N) is 1. The minimum atomic E-state index is -0.567. The van der Waals surface area contributed by atoms with Crippen LogP contribution in [0.15, 0.2) is 42.5 Å². The molecule has 0 aliphatic carbocycles. The van der Waals surface area contributed by atoms with Crippen molar-refractivity contribution in [1.82, 2.24) is 9.80 Å². The number of halogens is 2. The van der Waals surface area contributed by atoms with Crippen LogP contribution in [0.4, 0.5) is 5.69 Å². The Balaban J connectivity index is 1.50. The van der Waals surface area contributed by atoms with Gasteiger partial charge in [0.15, 0.2) is 0 Å². The minimum absolute atomic E-state index is 0.170. The minimum Gasteiger partial charge on any atom is -0.366 e. The Labute approximate surface area is 174 Å². The van der Waals surface area contributed by atoms with Crippen molar-refractivity contribution >= 4 is 40.7 Å². The Kier molecular flexibility index (Phi) is 6.91. The molecule has 2 amide bonds. The average Bonchev–Trinajstić information content (AvgIpc) is 2.66. The molecule has 8 heteroatoms. The first-order chi connectivity index (χ1) is 13.4. The summed E-state index contributed by atoms with van der Waals surface area (Å²) >= 11 is 12.5. The second-order valence-electron chi connectivity index (χ2n) is 6.71. The summed E-state index contributed by atoms with van der Waals surface area (Å²) in [5.41, 5.74) is 7.02. The third-order valence-corrected chi connectivity index (χ3v) is 5.45. The maximum absolute atomic E-state index is 12.4. The van der Waals surface area contributed by atoms with Gasteiger partial charge in [0.1, 0.15) is 0 Å². The smallest absolute Gasteiger partial charge is 0.250 e. The van der Waals surface area contributed by atoms with Gasteiger partial charge in [-0.05, 0) is 24.3 Å². The molecule has 3 N–H and O–H groups in total. The van der Waals surface area contributed by atoms with Crippen LogP contribution in [0.1, 0.15) is 15.9 Å². The maximum atomic E-state index is 12.4. The van der Waals surface area contributed by atoms with Gasteiger partial charge in [-0.1, -0.05) is 41.4 Å². The summed E-state index contributed by atoms with van der Waals surface area (Å²) in [6, 6.07) is 12.2. The molecule has 1 heterocycles. The third-order valence-electron chi connectivity index (χ3n) is 4.74. The number of carbonyl (C=O) groups excluding carboxylic acids is 2. The van der Waals surface area contributed by atoms with Crippen molar-refractivity contribution in [3.05, 3.63) is 63.6 Å². The molecule has 1 aliphatic heterocycles. The van der Waals surface area contributed by atoms with Crippen LogP contribution in [-0.2, 0) is 11.3 Å². The second-order valence-corrected chi connectivity index (χ2v) is 7.52. The summed E-state index contributed by atoms with van der Waals surface area (Å²) in [5, 5.41) is 4.11. The van der Waals surface area contributed by atoms with Crippen molar-refractivity contribution < 1.29 is 9.59 Å². The monoisotopic (exact) mass is 420 g/mol. The van der Waals surface area contributed by atoms with Crippen LogP contribution in [-0.4, -0.2) is 54.3 Å². The Morgan fingerprint density at radius 3 is 2.18 bits per heavy atom. The molecule has 148 valence electrons. The Morgan fingerprint density at radius 2 is 1.54 bits per heavy atom. The van der Waals surface area contributed by atoms with Crippen LogP contribution in [0.2, 0.25) is 10.0 Å². The van der Waals surface area contributed by atoms with Gasteiger partial charge >= 0.3 is 0 Å². The molecule has 0 bridgehead atoms. The van der Waals surface area contributed by atoms with E-state index in [2.05, 4.69) is 15.1 Å². The Bertz CT molecular complexity index is 847. The quantitative estimate of drug-likeness (QED) is 0.752. The molecule has 0 radical (unpaired) electrons. The summed E-state index contributed by atoms with van der Waals surface area (Å²) in [4.78, 5) is 28.2. The summed E-state index contributed by atoms with van der Waals surface area (Å²) in [6.07, 6.45) is 0. The molecule has 3 rings (SSSR count). The maximum Gasteiger partial charge on any atom is 0.250 e. The van der Waals surface area contributed by atoms with Crippen LogP contribution in [0.3, 0.4) is 0 Å². The van der Waals surface area contributed by atoms with Gasteiger partial charge < -0.3 is 11.1 Å². The third kappa shape index (κ3) is 5.23. The number of hydrogen-bond donors (Lipinski definition) is 2. The molecule has 1 saturated heterocycles. The van der Waals surface area contributed by atoms with Gasteiger partial charge in [0.25, 0.3) is 5.91 Å². The average molecular weight is 421 g/mol. The zero-order valence-electron chi connectivity index (χ0n) is 15.3. The highest BCUT2D eigenvalue weighted by atomic mass is 35.5. The van der Waals surface area contributed by atoms with Gasteiger partial charge in [0, 0.05) is 48.3 Å². The molecule has 2 aromatic carbocycles. The summed E-state index contributed by atoms with van der Waals surface area (Å²) in [5.74, 6) is -0.737. The van der Waals surface area contributed by atoms with E-state index in [0.717, 1.165) is 31.7 Å². The van der Waals surface area contributed by atoms with Crippen LogP contribution in [0.25, 0.3) is 0 Å². The SMILES string of the molecule is NC(=O)c1ccccc1NC(=O)CN1CCN(Cc2c(Cl)cccc2Cl)CC1. The van der Waals surface area contributed by atoms with Crippen molar-refractivity contribution in [3.63, 3.8) is 0 Å². The van der Waals surface area contributed by atoms with Crippen molar-refractivity contribution in [2.75, 3.05) is 38.0 Å². The lowest BCUT2D eigenvalue weighted by atomic mass is 10.1. The highest BCUT2D eigenvalue weighted by Gasteiger charge is 2.21. The Hall–Kier alpha value is -2.12. The van der Waals surface area contributed by atoms with Crippen LogP contribution >= 0.6 is 23.2 Å². The van der Waals surface area contributed by atoms with Gasteiger partial charge in [-0.3, -0.25) is 19.4 Å². The van der Waals surface area contributed by atoms with E-state index in [1.807, 2.05) is 18.2 Å². The lowest BCUT2D eigenvalue weighted by molar-refractivity contribution is -0.117. The molecule has 2 aromatic rings.